The zero-order valence-electron chi connectivity index (χ0n) is 10.1. The normalized spacial score (nSPS) is 14.4. The van der Waals surface area contributed by atoms with Crippen molar-refractivity contribution in [1.82, 2.24) is 0 Å². The van der Waals surface area contributed by atoms with Crippen LogP contribution in [-0.2, 0) is 0 Å². The summed E-state index contributed by atoms with van der Waals surface area (Å²) < 4.78 is 93.8. The first-order valence-corrected chi connectivity index (χ1v) is 6.91. The highest BCUT2D eigenvalue weighted by Gasteiger charge is 2.60. The molecule has 120 valence electrons. The molecule has 0 aliphatic carbocycles. The van der Waals surface area contributed by atoms with E-state index in [0.29, 0.717) is 6.07 Å². The van der Waals surface area contributed by atoms with Gasteiger partial charge in [0.15, 0.2) is 5.92 Å². The fourth-order valence-electron chi connectivity index (χ4n) is 1.63. The van der Waals surface area contributed by atoms with Gasteiger partial charge in [0.25, 0.3) is 0 Å². The van der Waals surface area contributed by atoms with Crippen molar-refractivity contribution in [1.29, 1.82) is 0 Å². The van der Waals surface area contributed by atoms with Crippen LogP contribution in [0.4, 0.5) is 30.7 Å². The highest BCUT2D eigenvalue weighted by Crippen LogP contribution is 2.52. The van der Waals surface area contributed by atoms with Gasteiger partial charge >= 0.3 is 12.4 Å². The maximum absolute atomic E-state index is 13.3. The predicted octanol–water partition coefficient (Wildman–Crippen LogP) is 5.77. The lowest BCUT2D eigenvalue weighted by molar-refractivity contribution is -0.283. The number of methoxy groups -OCH3 is 1. The highest BCUT2D eigenvalue weighted by atomic mass is 79.9. The summed E-state index contributed by atoms with van der Waals surface area (Å²) in [6.45, 7) is 0. The van der Waals surface area contributed by atoms with Gasteiger partial charge in [0, 0.05) is 11.6 Å². The predicted molar refractivity (Wildman–Crippen MR) is 67.9 cm³/mol. The van der Waals surface area contributed by atoms with Gasteiger partial charge in [-0.1, -0.05) is 15.9 Å². The third-order valence-electron chi connectivity index (χ3n) is 2.57. The van der Waals surface area contributed by atoms with Crippen LogP contribution in [0.3, 0.4) is 0 Å². The lowest BCUT2D eigenvalue weighted by Gasteiger charge is -2.28. The molecular weight excluding hydrogens is 441 g/mol. The smallest absolute Gasteiger partial charge is 0.401 e. The number of ether oxygens (including phenoxy) is 1. The number of hydrogen-bond acceptors (Lipinski definition) is 1. The maximum atomic E-state index is 13.3. The molecule has 0 radical (unpaired) electrons. The molecule has 1 unspecified atom stereocenters. The van der Waals surface area contributed by atoms with Gasteiger partial charge in [-0.25, -0.2) is 4.39 Å². The number of benzene rings is 1. The van der Waals surface area contributed by atoms with E-state index in [1.54, 1.807) is 0 Å². The maximum Gasteiger partial charge on any atom is 0.401 e. The van der Waals surface area contributed by atoms with E-state index in [9.17, 15) is 30.7 Å². The van der Waals surface area contributed by atoms with Gasteiger partial charge in [0.2, 0.25) is 0 Å². The van der Waals surface area contributed by atoms with Crippen molar-refractivity contribution in [2.75, 3.05) is 7.11 Å². The van der Waals surface area contributed by atoms with Gasteiger partial charge < -0.3 is 4.74 Å². The Kier molecular flexibility index (Phi) is 5.57. The number of halogens is 9. The minimum absolute atomic E-state index is 0.272. The Bertz CT molecular complexity index is 499. The molecule has 1 nitrogen and oxygen atoms in total. The van der Waals surface area contributed by atoms with Crippen LogP contribution < -0.4 is 4.74 Å². The highest BCUT2D eigenvalue weighted by molar-refractivity contribution is 9.10. The van der Waals surface area contributed by atoms with Gasteiger partial charge in [-0.3, -0.25) is 0 Å². The Morgan fingerprint density at radius 3 is 1.90 bits per heavy atom. The van der Waals surface area contributed by atoms with Gasteiger partial charge in [-0.15, -0.1) is 0 Å². The first-order valence-electron chi connectivity index (χ1n) is 5.20. The summed E-state index contributed by atoms with van der Waals surface area (Å²) in [6.07, 6.45) is -11.1. The third kappa shape index (κ3) is 4.24. The van der Waals surface area contributed by atoms with E-state index < -0.39 is 40.2 Å². The quantitative estimate of drug-likeness (QED) is 0.422. The summed E-state index contributed by atoms with van der Waals surface area (Å²) in [4.78, 5) is -2.18. The SMILES string of the molecule is COc1cc(F)c(Br)cc1C(Br)C(C(F)(F)F)C(F)(F)F. The van der Waals surface area contributed by atoms with Crippen molar-refractivity contribution in [3.63, 3.8) is 0 Å². The zero-order chi connectivity index (χ0) is 16.6. The van der Waals surface area contributed by atoms with E-state index in [1.165, 1.54) is 0 Å². The Hall–Kier alpha value is -0.510. The summed E-state index contributed by atoms with van der Waals surface area (Å²) in [7, 11) is 1.02. The molecule has 0 aliphatic rings. The van der Waals surface area contributed by atoms with Gasteiger partial charge in [0.1, 0.15) is 11.6 Å². The lowest BCUT2D eigenvalue weighted by atomic mass is 9.97. The summed E-state index contributed by atoms with van der Waals surface area (Å²) >= 11 is 5.13. The molecule has 0 heterocycles. The first kappa shape index (κ1) is 18.5. The Morgan fingerprint density at radius 2 is 1.52 bits per heavy atom. The molecule has 1 atom stereocenters. The van der Waals surface area contributed by atoms with Crippen LogP contribution in [0.25, 0.3) is 0 Å². The van der Waals surface area contributed by atoms with E-state index in [4.69, 9.17) is 0 Å². The van der Waals surface area contributed by atoms with Crippen LogP contribution in [-0.4, -0.2) is 19.5 Å². The van der Waals surface area contributed by atoms with Crippen LogP contribution >= 0.6 is 31.9 Å². The Labute approximate surface area is 131 Å². The van der Waals surface area contributed by atoms with Crippen LogP contribution in [0.2, 0.25) is 0 Å². The summed E-state index contributed by atoms with van der Waals surface area (Å²) in [6, 6.07) is 1.52. The zero-order valence-corrected chi connectivity index (χ0v) is 13.3. The van der Waals surface area contributed by atoms with Gasteiger partial charge in [0.05, 0.1) is 16.4 Å². The van der Waals surface area contributed by atoms with E-state index in [-0.39, 0.29) is 4.47 Å². The van der Waals surface area contributed by atoms with Crippen molar-refractivity contribution in [3.8, 4) is 5.75 Å². The van der Waals surface area contributed by atoms with Crippen molar-refractivity contribution in [2.45, 2.75) is 17.2 Å². The molecule has 0 spiro atoms. The Morgan fingerprint density at radius 1 is 1.05 bits per heavy atom. The number of alkyl halides is 7. The number of rotatable bonds is 3. The van der Waals surface area contributed by atoms with Crippen molar-refractivity contribution in [3.05, 3.63) is 28.0 Å². The minimum Gasteiger partial charge on any atom is -0.496 e. The molecule has 0 saturated carbocycles. The molecule has 1 aromatic carbocycles. The fraction of sp³-hybridized carbons (Fsp3) is 0.455. The van der Waals surface area contributed by atoms with Crippen molar-refractivity contribution >= 4 is 31.9 Å². The molecule has 1 rings (SSSR count). The molecule has 1 aromatic rings. The minimum atomic E-state index is -5.53. The van der Waals surface area contributed by atoms with Crippen LogP contribution in [0.1, 0.15) is 10.4 Å². The molecule has 0 aromatic heterocycles. The molecule has 0 aliphatic heterocycles. The van der Waals surface area contributed by atoms with Crippen molar-refractivity contribution < 1.29 is 35.5 Å². The number of hydrogen-bond donors (Lipinski definition) is 0. The van der Waals surface area contributed by atoms with Crippen LogP contribution in [0, 0.1) is 11.7 Å². The van der Waals surface area contributed by atoms with E-state index in [1.807, 2.05) is 0 Å². The second-order valence-electron chi connectivity index (χ2n) is 3.97. The molecule has 0 amide bonds. The monoisotopic (exact) mass is 446 g/mol. The summed E-state index contributed by atoms with van der Waals surface area (Å²) in [5.74, 6) is -4.95. The molecule has 21 heavy (non-hydrogen) atoms. The largest absolute Gasteiger partial charge is 0.496 e. The van der Waals surface area contributed by atoms with Crippen LogP contribution in [0.5, 0.6) is 5.75 Å². The average molecular weight is 448 g/mol. The second kappa shape index (κ2) is 6.31. The molecule has 0 saturated heterocycles. The molecule has 10 heteroatoms. The molecule has 0 N–H and O–H groups in total. The Balaban J connectivity index is 3.40. The van der Waals surface area contributed by atoms with E-state index in [0.717, 1.165) is 13.2 Å². The second-order valence-corrected chi connectivity index (χ2v) is 5.81. The molecule has 0 fully saturated rings. The first-order chi connectivity index (χ1) is 9.39. The van der Waals surface area contributed by atoms with Gasteiger partial charge in [-0.05, 0) is 22.0 Å². The lowest BCUT2D eigenvalue weighted by Crippen LogP contribution is -2.39. The standard InChI is InChI=1S/C11H7Br2F7O/c1-21-7-3-6(14)5(12)2-4(7)8(13)9(10(15,16)17)11(18,19)20/h2-3,8-9H,1H3. The van der Waals surface area contributed by atoms with Gasteiger partial charge in [-0.2, -0.15) is 26.3 Å². The fourth-order valence-corrected chi connectivity index (χ4v) is 2.95. The van der Waals surface area contributed by atoms with E-state index in [2.05, 4.69) is 36.6 Å². The molecular formula is C11H7Br2F7O. The van der Waals surface area contributed by atoms with E-state index >= 15 is 0 Å². The topological polar surface area (TPSA) is 9.23 Å². The third-order valence-corrected chi connectivity index (χ3v) is 4.20. The summed E-state index contributed by atoms with van der Waals surface area (Å²) in [5.41, 5.74) is -0.467. The van der Waals surface area contributed by atoms with Crippen molar-refractivity contribution in [2.24, 2.45) is 5.92 Å². The average Bonchev–Trinajstić information content (AvgIpc) is 2.28. The molecule has 0 bridgehead atoms. The summed E-state index contributed by atoms with van der Waals surface area (Å²) in [5, 5.41) is 0. The van der Waals surface area contributed by atoms with Crippen LogP contribution in [0.15, 0.2) is 16.6 Å².